The molecule has 0 radical (unpaired) electrons. The van der Waals surface area contributed by atoms with Crippen LogP contribution in [0.5, 0.6) is 0 Å². The lowest BCUT2D eigenvalue weighted by Crippen LogP contribution is -2.07. The third-order valence-corrected chi connectivity index (χ3v) is 3.04. The molecule has 1 aromatic rings. The fraction of sp³-hybridized carbons (Fsp3) is 0.400. The first-order chi connectivity index (χ1) is 6.91. The van der Waals surface area contributed by atoms with Crippen molar-refractivity contribution in [3.05, 3.63) is 33.8 Å². The molecule has 1 aliphatic rings. The molecule has 5 heteroatoms. The Morgan fingerprint density at radius 2 is 2.00 bits per heavy atom. The largest absolute Gasteiger partial charge is 0.417 e. The maximum Gasteiger partial charge on any atom is 0.417 e. The van der Waals surface area contributed by atoms with Crippen molar-refractivity contribution in [2.75, 3.05) is 0 Å². The van der Waals surface area contributed by atoms with Crippen molar-refractivity contribution in [1.82, 2.24) is 0 Å². The molecule has 0 saturated carbocycles. The van der Waals surface area contributed by atoms with Crippen LogP contribution in [0.25, 0.3) is 0 Å². The summed E-state index contributed by atoms with van der Waals surface area (Å²) in [5.74, 6) is 0. The highest BCUT2D eigenvalue weighted by Crippen LogP contribution is 2.42. The smallest absolute Gasteiger partial charge is 0.388 e. The Morgan fingerprint density at radius 1 is 1.33 bits per heavy atom. The first-order valence-corrected chi connectivity index (χ1v) is 4.85. The van der Waals surface area contributed by atoms with Crippen LogP contribution in [0, 0.1) is 0 Å². The quantitative estimate of drug-likeness (QED) is 0.733. The van der Waals surface area contributed by atoms with Crippen molar-refractivity contribution in [1.29, 1.82) is 0 Å². The number of benzene rings is 1. The molecule has 2 rings (SSSR count). The summed E-state index contributed by atoms with van der Waals surface area (Å²) < 4.78 is 37.4. The molecule has 0 aromatic heterocycles. The Kier molecular flexibility index (Phi) is 2.43. The zero-order chi connectivity index (χ0) is 11.2. The molecule has 0 heterocycles. The summed E-state index contributed by atoms with van der Waals surface area (Å²) in [7, 11) is 0. The average Bonchev–Trinajstić information content (AvgIpc) is 2.47. The molecule has 0 saturated heterocycles. The highest BCUT2D eigenvalue weighted by atomic mass is 35.5. The van der Waals surface area contributed by atoms with Gasteiger partial charge in [-0.1, -0.05) is 17.7 Å². The number of aliphatic hydroxyl groups excluding tert-OH is 1. The summed E-state index contributed by atoms with van der Waals surface area (Å²) in [6, 6.07) is 2.23. The Balaban J connectivity index is 2.56. The zero-order valence-electron chi connectivity index (χ0n) is 7.61. The van der Waals surface area contributed by atoms with Crippen LogP contribution in [0.15, 0.2) is 12.1 Å². The molecule has 1 N–H and O–H groups in total. The van der Waals surface area contributed by atoms with Gasteiger partial charge in [-0.05, 0) is 30.0 Å². The predicted octanol–water partition coefficient (Wildman–Crippen LogP) is 3.34. The molecule has 0 aliphatic heterocycles. The third-order valence-electron chi connectivity index (χ3n) is 2.61. The van der Waals surface area contributed by atoms with Gasteiger partial charge in [-0.3, -0.25) is 0 Å². The monoisotopic (exact) mass is 236 g/mol. The third kappa shape index (κ3) is 1.72. The minimum absolute atomic E-state index is 0.267. The van der Waals surface area contributed by atoms with E-state index >= 15 is 0 Å². The molecule has 15 heavy (non-hydrogen) atoms. The minimum Gasteiger partial charge on any atom is -0.388 e. The molecule has 0 bridgehead atoms. The Hall–Kier alpha value is -0.740. The van der Waals surface area contributed by atoms with Gasteiger partial charge in [0.1, 0.15) is 0 Å². The molecule has 0 fully saturated rings. The number of aliphatic hydroxyl groups is 1. The predicted molar refractivity (Wildman–Crippen MR) is 49.7 cm³/mol. The van der Waals surface area contributed by atoms with Crippen molar-refractivity contribution in [2.45, 2.75) is 25.1 Å². The van der Waals surface area contributed by atoms with E-state index in [4.69, 9.17) is 11.6 Å². The molecule has 82 valence electrons. The summed E-state index contributed by atoms with van der Waals surface area (Å²) in [4.78, 5) is 0. The van der Waals surface area contributed by atoms with Crippen LogP contribution in [-0.2, 0) is 12.6 Å². The topological polar surface area (TPSA) is 20.2 Å². The summed E-state index contributed by atoms with van der Waals surface area (Å²) in [6.45, 7) is 0. The number of fused-ring (bicyclic) bond motifs is 1. The van der Waals surface area contributed by atoms with Crippen molar-refractivity contribution in [3.8, 4) is 0 Å². The fourth-order valence-corrected chi connectivity index (χ4v) is 2.23. The highest BCUT2D eigenvalue weighted by molar-refractivity contribution is 6.32. The van der Waals surface area contributed by atoms with Crippen molar-refractivity contribution in [3.63, 3.8) is 0 Å². The number of halogens is 4. The molecular formula is C10H8ClF3O. The van der Waals surface area contributed by atoms with Gasteiger partial charge in [0.15, 0.2) is 0 Å². The summed E-state index contributed by atoms with van der Waals surface area (Å²) in [5.41, 5.74) is 0.129. The maximum atomic E-state index is 12.5. The second-order valence-electron chi connectivity index (χ2n) is 3.55. The van der Waals surface area contributed by atoms with E-state index in [1.807, 2.05) is 0 Å². The number of rotatable bonds is 0. The standard InChI is InChI=1S/C10H8ClF3O/c11-9-6-2-4-8(15)5(6)1-3-7(9)10(12,13)14/h1,3,8,15H,2,4H2. The van der Waals surface area contributed by atoms with Gasteiger partial charge < -0.3 is 5.11 Å². The van der Waals surface area contributed by atoms with E-state index in [1.165, 1.54) is 6.07 Å². The normalized spacial score (nSPS) is 20.5. The molecule has 1 aromatic carbocycles. The van der Waals surface area contributed by atoms with Gasteiger partial charge >= 0.3 is 6.18 Å². The van der Waals surface area contributed by atoms with E-state index in [9.17, 15) is 18.3 Å². The van der Waals surface area contributed by atoms with E-state index in [2.05, 4.69) is 0 Å². The van der Waals surface area contributed by atoms with Gasteiger partial charge in [-0.25, -0.2) is 0 Å². The van der Waals surface area contributed by atoms with Gasteiger partial charge in [0, 0.05) is 0 Å². The van der Waals surface area contributed by atoms with Crippen molar-refractivity contribution >= 4 is 11.6 Å². The molecule has 1 aliphatic carbocycles. The Bertz CT molecular complexity index is 400. The van der Waals surface area contributed by atoms with Crippen LogP contribution in [0.4, 0.5) is 13.2 Å². The zero-order valence-corrected chi connectivity index (χ0v) is 8.36. The van der Waals surface area contributed by atoms with Crippen LogP contribution >= 0.6 is 11.6 Å². The van der Waals surface area contributed by atoms with E-state index in [-0.39, 0.29) is 5.02 Å². The molecule has 0 amide bonds. The number of hydrogen-bond acceptors (Lipinski definition) is 1. The first kappa shape index (κ1) is 10.8. The Morgan fingerprint density at radius 3 is 2.60 bits per heavy atom. The lowest BCUT2D eigenvalue weighted by atomic mass is 10.1. The molecule has 1 nitrogen and oxygen atoms in total. The lowest BCUT2D eigenvalue weighted by molar-refractivity contribution is -0.137. The molecule has 0 spiro atoms. The SMILES string of the molecule is OC1CCc2c1ccc(C(F)(F)F)c2Cl. The van der Waals surface area contributed by atoms with E-state index in [0.717, 1.165) is 6.07 Å². The average molecular weight is 237 g/mol. The molecule has 1 atom stereocenters. The first-order valence-electron chi connectivity index (χ1n) is 4.48. The fourth-order valence-electron chi connectivity index (χ4n) is 1.86. The second kappa shape index (κ2) is 3.39. The van der Waals surface area contributed by atoms with E-state index in [1.54, 1.807) is 0 Å². The van der Waals surface area contributed by atoms with E-state index < -0.39 is 17.8 Å². The van der Waals surface area contributed by atoms with Crippen LogP contribution in [0.2, 0.25) is 5.02 Å². The van der Waals surface area contributed by atoms with Crippen LogP contribution in [-0.4, -0.2) is 5.11 Å². The maximum absolute atomic E-state index is 12.5. The highest BCUT2D eigenvalue weighted by Gasteiger charge is 2.36. The van der Waals surface area contributed by atoms with Crippen molar-refractivity contribution in [2.24, 2.45) is 0 Å². The lowest BCUT2D eigenvalue weighted by Gasteiger charge is -2.12. The van der Waals surface area contributed by atoms with E-state index in [0.29, 0.717) is 24.0 Å². The second-order valence-corrected chi connectivity index (χ2v) is 3.93. The Labute approximate surface area is 89.5 Å². The summed E-state index contributed by atoms with van der Waals surface area (Å²) in [5, 5.41) is 9.19. The van der Waals surface area contributed by atoms with Gasteiger partial charge in [0.05, 0.1) is 16.7 Å². The number of alkyl halides is 3. The molecular weight excluding hydrogens is 229 g/mol. The minimum atomic E-state index is -4.43. The van der Waals surface area contributed by atoms with Crippen LogP contribution in [0.1, 0.15) is 29.2 Å². The summed E-state index contributed by atoms with van der Waals surface area (Å²) in [6.07, 6.45) is -4.27. The number of hydrogen-bond donors (Lipinski definition) is 1. The van der Waals surface area contributed by atoms with Gasteiger partial charge in [-0.15, -0.1) is 0 Å². The van der Waals surface area contributed by atoms with Crippen molar-refractivity contribution < 1.29 is 18.3 Å². The van der Waals surface area contributed by atoms with Gasteiger partial charge in [0.2, 0.25) is 0 Å². The molecule has 1 unspecified atom stereocenters. The van der Waals surface area contributed by atoms with Crippen LogP contribution < -0.4 is 0 Å². The van der Waals surface area contributed by atoms with Gasteiger partial charge in [-0.2, -0.15) is 13.2 Å². The van der Waals surface area contributed by atoms with Crippen LogP contribution in [0.3, 0.4) is 0 Å². The van der Waals surface area contributed by atoms with Gasteiger partial charge in [0.25, 0.3) is 0 Å². The summed E-state index contributed by atoms with van der Waals surface area (Å²) >= 11 is 5.67.